The summed E-state index contributed by atoms with van der Waals surface area (Å²) in [6, 6.07) is 26.8. The van der Waals surface area contributed by atoms with Gasteiger partial charge in [0.1, 0.15) is 5.75 Å². The fourth-order valence-corrected chi connectivity index (χ4v) is 2.91. The molecule has 0 aromatic heterocycles. The van der Waals surface area contributed by atoms with Gasteiger partial charge in [-0.15, -0.1) is 0 Å². The Balaban J connectivity index is 1.46. The first kappa shape index (κ1) is 19.6. The van der Waals surface area contributed by atoms with Gasteiger partial charge in [-0.3, -0.25) is 10.1 Å². The van der Waals surface area contributed by atoms with Gasteiger partial charge in [0.05, 0.1) is 6.61 Å². The highest BCUT2D eigenvalue weighted by Crippen LogP contribution is 2.18. The smallest absolute Gasteiger partial charge is 0.257 e. The third kappa shape index (κ3) is 6.21. The normalized spacial score (nSPS) is 10.1. The molecule has 0 aliphatic rings. The summed E-state index contributed by atoms with van der Waals surface area (Å²) in [5.41, 5.74) is 2.63. The van der Waals surface area contributed by atoms with Gasteiger partial charge in [0.25, 0.3) is 5.91 Å². The molecule has 3 rings (SSSR count). The Morgan fingerprint density at radius 1 is 0.893 bits per heavy atom. The first-order valence-electron chi connectivity index (χ1n) is 9.15. The molecule has 4 nitrogen and oxygen atoms in total. The largest absolute Gasteiger partial charge is 0.494 e. The van der Waals surface area contributed by atoms with E-state index in [9.17, 15) is 4.79 Å². The highest BCUT2D eigenvalue weighted by Gasteiger charge is 2.07. The SMILES string of the molecule is O=C(NC(=S)Nc1cccc(OCCCc2ccccc2)c1)c1ccccc1. The quantitative estimate of drug-likeness (QED) is 0.448. The Morgan fingerprint density at radius 3 is 2.36 bits per heavy atom. The van der Waals surface area contributed by atoms with Crippen LogP contribution in [0.4, 0.5) is 5.69 Å². The number of thiocarbonyl (C=S) groups is 1. The zero-order chi connectivity index (χ0) is 19.6. The van der Waals surface area contributed by atoms with Gasteiger partial charge < -0.3 is 10.1 Å². The third-order valence-corrected chi connectivity index (χ3v) is 4.28. The number of hydrogen-bond acceptors (Lipinski definition) is 3. The molecule has 0 saturated heterocycles. The average Bonchev–Trinajstić information content (AvgIpc) is 2.73. The standard InChI is InChI=1S/C23H22N2O2S/c26-22(19-12-5-2-6-13-19)25-23(28)24-20-14-7-15-21(17-20)27-16-8-11-18-9-3-1-4-10-18/h1-7,9-10,12-15,17H,8,11,16H2,(H2,24,25,26,28). The molecular weight excluding hydrogens is 368 g/mol. The van der Waals surface area contributed by atoms with E-state index < -0.39 is 0 Å². The molecule has 2 N–H and O–H groups in total. The number of hydrogen-bond donors (Lipinski definition) is 2. The van der Waals surface area contributed by atoms with Gasteiger partial charge in [-0.25, -0.2) is 0 Å². The second-order valence-corrected chi connectivity index (χ2v) is 6.65. The van der Waals surface area contributed by atoms with Crippen LogP contribution in [-0.2, 0) is 6.42 Å². The number of aryl methyl sites for hydroxylation is 1. The number of ether oxygens (including phenoxy) is 1. The molecule has 0 unspecified atom stereocenters. The fraction of sp³-hybridized carbons (Fsp3) is 0.130. The molecule has 0 spiro atoms. The maximum atomic E-state index is 12.1. The zero-order valence-electron chi connectivity index (χ0n) is 15.4. The Labute approximate surface area is 170 Å². The van der Waals surface area contributed by atoms with Crippen molar-refractivity contribution in [2.45, 2.75) is 12.8 Å². The molecular formula is C23H22N2O2S. The van der Waals surface area contributed by atoms with Gasteiger partial charge in [-0.2, -0.15) is 0 Å². The molecule has 0 aliphatic heterocycles. The number of carbonyl (C=O) groups is 1. The minimum Gasteiger partial charge on any atom is -0.494 e. The van der Waals surface area contributed by atoms with E-state index in [1.165, 1.54) is 5.56 Å². The molecule has 1 amide bonds. The highest BCUT2D eigenvalue weighted by atomic mass is 32.1. The number of amides is 1. The number of benzene rings is 3. The molecule has 5 heteroatoms. The van der Waals surface area contributed by atoms with Crippen molar-refractivity contribution in [1.82, 2.24) is 5.32 Å². The van der Waals surface area contributed by atoms with Crippen LogP contribution in [0.15, 0.2) is 84.9 Å². The first-order valence-corrected chi connectivity index (χ1v) is 9.56. The molecule has 0 fully saturated rings. The van der Waals surface area contributed by atoms with Crippen LogP contribution >= 0.6 is 12.2 Å². The highest BCUT2D eigenvalue weighted by molar-refractivity contribution is 7.80. The van der Waals surface area contributed by atoms with E-state index in [2.05, 4.69) is 22.8 Å². The van der Waals surface area contributed by atoms with Crippen molar-refractivity contribution in [3.63, 3.8) is 0 Å². The summed E-state index contributed by atoms with van der Waals surface area (Å²) in [5, 5.41) is 5.94. The molecule has 0 atom stereocenters. The van der Waals surface area contributed by atoms with Crippen molar-refractivity contribution < 1.29 is 9.53 Å². The van der Waals surface area contributed by atoms with Crippen molar-refractivity contribution in [1.29, 1.82) is 0 Å². The molecule has 0 aliphatic carbocycles. The molecule has 0 bridgehead atoms. The summed E-state index contributed by atoms with van der Waals surface area (Å²) in [6.45, 7) is 0.632. The van der Waals surface area contributed by atoms with Gasteiger partial charge in [-0.1, -0.05) is 54.6 Å². The van der Waals surface area contributed by atoms with Gasteiger partial charge >= 0.3 is 0 Å². The van der Waals surface area contributed by atoms with E-state index in [-0.39, 0.29) is 11.0 Å². The van der Waals surface area contributed by atoms with E-state index in [1.807, 2.05) is 60.7 Å². The second kappa shape index (κ2) is 10.2. The monoisotopic (exact) mass is 390 g/mol. The Kier molecular flexibility index (Phi) is 7.15. The average molecular weight is 391 g/mol. The van der Waals surface area contributed by atoms with E-state index >= 15 is 0 Å². The Morgan fingerprint density at radius 2 is 1.61 bits per heavy atom. The summed E-state index contributed by atoms with van der Waals surface area (Å²) in [4.78, 5) is 12.1. The first-order chi connectivity index (χ1) is 13.7. The summed E-state index contributed by atoms with van der Waals surface area (Å²) in [6.07, 6.45) is 1.92. The maximum Gasteiger partial charge on any atom is 0.257 e. The number of anilines is 1. The van der Waals surface area contributed by atoms with Crippen molar-refractivity contribution in [3.05, 3.63) is 96.1 Å². The van der Waals surface area contributed by atoms with Crippen LogP contribution in [-0.4, -0.2) is 17.6 Å². The predicted octanol–water partition coefficient (Wildman–Crippen LogP) is 4.83. The van der Waals surface area contributed by atoms with Gasteiger partial charge in [-0.05, 0) is 54.9 Å². The van der Waals surface area contributed by atoms with Crippen LogP contribution in [0.25, 0.3) is 0 Å². The third-order valence-electron chi connectivity index (χ3n) is 4.08. The van der Waals surface area contributed by atoms with Crippen LogP contribution in [0.1, 0.15) is 22.3 Å². The molecule has 0 saturated carbocycles. The van der Waals surface area contributed by atoms with Crippen molar-refractivity contribution in [2.24, 2.45) is 0 Å². The zero-order valence-corrected chi connectivity index (χ0v) is 16.2. The lowest BCUT2D eigenvalue weighted by Crippen LogP contribution is -2.34. The number of carbonyl (C=O) groups excluding carboxylic acids is 1. The number of rotatable bonds is 7. The maximum absolute atomic E-state index is 12.1. The molecule has 142 valence electrons. The molecule has 0 radical (unpaired) electrons. The van der Waals surface area contributed by atoms with Crippen molar-refractivity contribution >= 4 is 28.9 Å². The van der Waals surface area contributed by atoms with Crippen molar-refractivity contribution in [2.75, 3.05) is 11.9 Å². The number of nitrogens with one attached hydrogen (secondary N) is 2. The summed E-state index contributed by atoms with van der Waals surface area (Å²) in [7, 11) is 0. The molecule has 3 aromatic carbocycles. The lowest BCUT2D eigenvalue weighted by atomic mass is 10.1. The van der Waals surface area contributed by atoms with Crippen LogP contribution in [0.2, 0.25) is 0 Å². The minimum atomic E-state index is -0.244. The van der Waals surface area contributed by atoms with Crippen LogP contribution in [0.5, 0.6) is 5.75 Å². The van der Waals surface area contributed by atoms with E-state index in [0.29, 0.717) is 12.2 Å². The van der Waals surface area contributed by atoms with Crippen LogP contribution in [0.3, 0.4) is 0 Å². The fourth-order valence-electron chi connectivity index (χ4n) is 2.70. The topological polar surface area (TPSA) is 50.4 Å². The van der Waals surface area contributed by atoms with Crippen LogP contribution in [0, 0.1) is 0 Å². The lowest BCUT2D eigenvalue weighted by molar-refractivity contribution is 0.0977. The lowest BCUT2D eigenvalue weighted by Gasteiger charge is -2.11. The summed E-state index contributed by atoms with van der Waals surface area (Å²) >= 11 is 5.23. The summed E-state index contributed by atoms with van der Waals surface area (Å²) < 4.78 is 5.83. The minimum absolute atomic E-state index is 0.244. The molecule has 0 heterocycles. The predicted molar refractivity (Wildman–Crippen MR) is 117 cm³/mol. The molecule has 3 aromatic rings. The van der Waals surface area contributed by atoms with Gasteiger partial charge in [0, 0.05) is 17.3 Å². The van der Waals surface area contributed by atoms with Gasteiger partial charge in [0.2, 0.25) is 0 Å². The molecule has 28 heavy (non-hydrogen) atoms. The van der Waals surface area contributed by atoms with E-state index in [0.717, 1.165) is 24.3 Å². The van der Waals surface area contributed by atoms with Crippen LogP contribution < -0.4 is 15.4 Å². The second-order valence-electron chi connectivity index (χ2n) is 6.24. The van der Waals surface area contributed by atoms with E-state index in [1.54, 1.807) is 12.1 Å². The Bertz CT molecular complexity index is 914. The Hall–Kier alpha value is -3.18. The van der Waals surface area contributed by atoms with Gasteiger partial charge in [0.15, 0.2) is 5.11 Å². The van der Waals surface area contributed by atoms with Crippen molar-refractivity contribution in [3.8, 4) is 5.75 Å². The summed E-state index contributed by atoms with van der Waals surface area (Å²) in [5.74, 6) is 0.515. The van der Waals surface area contributed by atoms with E-state index in [4.69, 9.17) is 17.0 Å².